The Morgan fingerprint density at radius 1 is 1.29 bits per heavy atom. The van der Waals surface area contributed by atoms with Gasteiger partial charge in [0.25, 0.3) is 0 Å². The number of carbonyl (C=O) groups excluding carboxylic acids is 3. The van der Waals surface area contributed by atoms with Crippen molar-refractivity contribution in [3.05, 3.63) is 28.8 Å². The van der Waals surface area contributed by atoms with Crippen molar-refractivity contribution in [3.8, 4) is 0 Å². The maximum Gasteiger partial charge on any atom is 0.310 e. The molecule has 3 saturated heterocycles. The van der Waals surface area contributed by atoms with Crippen LogP contribution in [0.5, 0.6) is 0 Å². The molecule has 0 radical (unpaired) electrons. The van der Waals surface area contributed by atoms with Gasteiger partial charge in [0.15, 0.2) is 0 Å². The number of esters is 1. The van der Waals surface area contributed by atoms with Gasteiger partial charge in [-0.3, -0.25) is 14.4 Å². The van der Waals surface area contributed by atoms with E-state index >= 15 is 0 Å². The Kier molecular flexibility index (Phi) is 7.79. The van der Waals surface area contributed by atoms with E-state index < -0.39 is 22.6 Å². The van der Waals surface area contributed by atoms with E-state index in [0.29, 0.717) is 17.3 Å². The first kappa shape index (κ1) is 25.3. The third-order valence-corrected chi connectivity index (χ3v) is 9.65. The Bertz CT molecular complexity index is 939. The number of carbonyl (C=O) groups is 3. The lowest BCUT2D eigenvalue weighted by molar-refractivity contribution is -0.153. The maximum atomic E-state index is 13.8. The fourth-order valence-electron chi connectivity index (χ4n) is 5.93. The summed E-state index contributed by atoms with van der Waals surface area (Å²) >= 11 is 8.01. The Labute approximate surface area is 209 Å². The van der Waals surface area contributed by atoms with Gasteiger partial charge in [0.2, 0.25) is 11.8 Å². The molecule has 2 N–H and O–H groups in total. The molecular weight excluding hydrogens is 476 g/mol. The van der Waals surface area contributed by atoms with E-state index in [4.69, 9.17) is 21.4 Å². The van der Waals surface area contributed by atoms with Crippen LogP contribution < -0.4 is 5.32 Å². The van der Waals surface area contributed by atoms with Crippen molar-refractivity contribution >= 4 is 46.8 Å². The Morgan fingerprint density at radius 2 is 2.06 bits per heavy atom. The number of halogens is 1. The van der Waals surface area contributed by atoms with Crippen LogP contribution in [0.25, 0.3) is 0 Å². The summed E-state index contributed by atoms with van der Waals surface area (Å²) in [4.78, 5) is 42.2. The summed E-state index contributed by atoms with van der Waals surface area (Å²) in [5.41, 5.74) is 1.41. The lowest BCUT2D eigenvalue weighted by Gasteiger charge is -2.34. The highest BCUT2D eigenvalue weighted by Crippen LogP contribution is 2.66. The van der Waals surface area contributed by atoms with Crippen molar-refractivity contribution in [2.75, 3.05) is 25.1 Å². The molecule has 1 aromatic carbocycles. The molecule has 1 aromatic rings. The largest absolute Gasteiger partial charge is 0.466 e. The Balaban J connectivity index is 1.64. The van der Waals surface area contributed by atoms with Crippen molar-refractivity contribution in [2.45, 2.75) is 68.4 Å². The number of nitrogens with one attached hydrogen (secondary N) is 1. The zero-order valence-corrected chi connectivity index (χ0v) is 21.3. The molecule has 4 rings (SSSR count). The summed E-state index contributed by atoms with van der Waals surface area (Å²) in [6, 6.07) is 4.77. The number of rotatable bonds is 10. The third-order valence-electron chi connectivity index (χ3n) is 7.38. The van der Waals surface area contributed by atoms with Gasteiger partial charge in [-0.15, -0.1) is 11.8 Å². The first-order valence-electron chi connectivity index (χ1n) is 12.2. The molecule has 3 heterocycles. The molecule has 9 heteroatoms. The molecule has 5 atom stereocenters. The zero-order valence-electron chi connectivity index (χ0n) is 19.7. The molecule has 2 amide bonds. The van der Waals surface area contributed by atoms with Gasteiger partial charge in [0.05, 0.1) is 33.9 Å². The molecule has 186 valence electrons. The lowest BCUT2D eigenvalue weighted by atomic mass is 9.71. The molecule has 3 aliphatic rings. The number of thioether (sulfide) groups is 1. The van der Waals surface area contributed by atoms with E-state index in [2.05, 4.69) is 5.32 Å². The van der Waals surface area contributed by atoms with Gasteiger partial charge in [-0.25, -0.2) is 0 Å². The summed E-state index contributed by atoms with van der Waals surface area (Å²) in [7, 11) is 0. The second kappa shape index (κ2) is 10.5. The standard InChI is InChI=1S/C25H33ClN2O5S/c1-3-33-24(32)18-17-11-12-25(34-17)19(18)23(31)28(13-6-4-5-7-14-29)21(25)22(30)27-20-15(2)9-8-10-16(20)26/h8-10,17-19,21,29H,3-7,11-14H2,1-2H3,(H,27,30)/t17-,18+,19-,21?,25?/m0/s1. The van der Waals surface area contributed by atoms with Gasteiger partial charge in [-0.1, -0.05) is 36.6 Å². The summed E-state index contributed by atoms with van der Waals surface area (Å²) in [6.45, 7) is 4.52. The van der Waals surface area contributed by atoms with Crippen molar-refractivity contribution in [3.63, 3.8) is 0 Å². The zero-order chi connectivity index (χ0) is 24.5. The molecule has 1 spiro atoms. The van der Waals surface area contributed by atoms with Crippen LogP contribution in [0.4, 0.5) is 5.69 Å². The third kappa shape index (κ3) is 4.33. The molecular formula is C25H33ClN2O5S. The van der Waals surface area contributed by atoms with Gasteiger partial charge in [-0.05, 0) is 51.2 Å². The second-order valence-electron chi connectivity index (χ2n) is 9.40. The molecule has 2 bridgehead atoms. The lowest BCUT2D eigenvalue weighted by Crippen LogP contribution is -2.51. The molecule has 0 aliphatic carbocycles. The summed E-state index contributed by atoms with van der Waals surface area (Å²) in [6.07, 6.45) is 4.69. The molecule has 34 heavy (non-hydrogen) atoms. The number of aliphatic hydroxyl groups is 1. The van der Waals surface area contributed by atoms with E-state index in [1.54, 1.807) is 29.7 Å². The van der Waals surface area contributed by atoms with E-state index in [-0.39, 0.29) is 36.2 Å². The number of fused-ring (bicyclic) bond motifs is 1. The van der Waals surface area contributed by atoms with Crippen LogP contribution >= 0.6 is 23.4 Å². The summed E-state index contributed by atoms with van der Waals surface area (Å²) in [5, 5.41) is 12.5. The van der Waals surface area contributed by atoms with Crippen molar-refractivity contribution in [2.24, 2.45) is 11.8 Å². The number of hydrogen-bond acceptors (Lipinski definition) is 6. The number of unbranched alkanes of at least 4 members (excludes halogenated alkanes) is 3. The number of benzene rings is 1. The predicted molar refractivity (Wildman–Crippen MR) is 133 cm³/mol. The SMILES string of the molecule is CCOC(=O)[C@@H]1[C@@H]2CCC3(S2)C(C(=O)Nc2c(C)cccc2Cl)N(CCCCCCO)C(=O)[C@H]13. The molecule has 7 nitrogen and oxygen atoms in total. The average molecular weight is 509 g/mol. The first-order chi connectivity index (χ1) is 16.4. The van der Waals surface area contributed by atoms with Gasteiger partial charge in [0.1, 0.15) is 6.04 Å². The molecule has 0 saturated carbocycles. The van der Waals surface area contributed by atoms with E-state index in [0.717, 1.165) is 44.1 Å². The van der Waals surface area contributed by atoms with Crippen LogP contribution in [0.2, 0.25) is 5.02 Å². The fourth-order valence-corrected chi connectivity index (χ4v) is 8.41. The van der Waals surface area contributed by atoms with E-state index in [1.807, 2.05) is 19.1 Å². The van der Waals surface area contributed by atoms with Crippen LogP contribution in [-0.4, -0.2) is 63.6 Å². The van der Waals surface area contributed by atoms with Gasteiger partial charge in [-0.2, -0.15) is 0 Å². The summed E-state index contributed by atoms with van der Waals surface area (Å²) in [5.74, 6) is -1.75. The number of hydrogen-bond donors (Lipinski definition) is 2. The predicted octanol–water partition coefficient (Wildman–Crippen LogP) is 3.79. The first-order valence-corrected chi connectivity index (χ1v) is 13.4. The van der Waals surface area contributed by atoms with Gasteiger partial charge in [0, 0.05) is 18.4 Å². The molecule has 2 unspecified atom stereocenters. The fraction of sp³-hybridized carbons (Fsp3) is 0.640. The second-order valence-corrected chi connectivity index (χ2v) is 11.4. The Hall–Kier alpha value is -1.77. The summed E-state index contributed by atoms with van der Waals surface area (Å²) < 4.78 is 4.72. The van der Waals surface area contributed by atoms with Crippen molar-refractivity contribution in [1.82, 2.24) is 4.90 Å². The number of likely N-dealkylation sites (tertiary alicyclic amines) is 1. The number of anilines is 1. The molecule has 3 fully saturated rings. The van der Waals surface area contributed by atoms with Crippen LogP contribution in [0.15, 0.2) is 18.2 Å². The van der Waals surface area contributed by atoms with Crippen molar-refractivity contribution < 1.29 is 24.2 Å². The number of aryl methyl sites for hydroxylation is 1. The van der Waals surface area contributed by atoms with E-state index in [1.165, 1.54) is 0 Å². The number of aliphatic hydroxyl groups excluding tert-OH is 1. The number of nitrogens with zero attached hydrogens (tertiary/aromatic N) is 1. The average Bonchev–Trinajstić information content (AvgIpc) is 3.44. The van der Waals surface area contributed by atoms with Crippen LogP contribution in [0, 0.1) is 18.8 Å². The highest BCUT2D eigenvalue weighted by atomic mass is 35.5. The van der Waals surface area contributed by atoms with Crippen LogP contribution in [0.3, 0.4) is 0 Å². The minimum atomic E-state index is -0.673. The quantitative estimate of drug-likeness (QED) is 0.369. The normalized spacial score (nSPS) is 29.4. The highest BCUT2D eigenvalue weighted by Gasteiger charge is 2.73. The van der Waals surface area contributed by atoms with Gasteiger partial charge < -0.3 is 20.1 Å². The number of amides is 2. The van der Waals surface area contributed by atoms with Crippen molar-refractivity contribution in [1.29, 1.82) is 0 Å². The van der Waals surface area contributed by atoms with Gasteiger partial charge >= 0.3 is 5.97 Å². The Morgan fingerprint density at radius 3 is 2.76 bits per heavy atom. The van der Waals surface area contributed by atoms with Crippen LogP contribution in [-0.2, 0) is 19.1 Å². The monoisotopic (exact) mass is 508 g/mol. The van der Waals surface area contributed by atoms with E-state index in [9.17, 15) is 14.4 Å². The smallest absolute Gasteiger partial charge is 0.310 e. The minimum absolute atomic E-state index is 0.00273. The topological polar surface area (TPSA) is 95.9 Å². The number of para-hydroxylation sites is 1. The molecule has 3 aliphatic heterocycles. The highest BCUT2D eigenvalue weighted by molar-refractivity contribution is 8.02. The minimum Gasteiger partial charge on any atom is -0.466 e. The maximum absolute atomic E-state index is 13.8. The van der Waals surface area contributed by atoms with Crippen LogP contribution in [0.1, 0.15) is 51.0 Å². The molecule has 0 aromatic heterocycles. The number of ether oxygens (including phenoxy) is 1.